The Morgan fingerprint density at radius 3 is 2.79 bits per heavy atom. The van der Waals surface area contributed by atoms with Crippen LogP contribution in [0.15, 0.2) is 11.4 Å². The normalized spacial score (nSPS) is 19.2. The molecular weight excluding hydrogens is 256 g/mol. The molecule has 106 valence electrons. The third-order valence-corrected chi connectivity index (χ3v) is 5.04. The van der Waals surface area contributed by atoms with Crippen LogP contribution in [0.5, 0.6) is 0 Å². The first-order valence-electron chi connectivity index (χ1n) is 7.29. The average Bonchev–Trinajstić information content (AvgIpc) is 2.88. The van der Waals surface area contributed by atoms with Crippen molar-refractivity contribution >= 4 is 17.2 Å². The molecule has 4 heteroatoms. The van der Waals surface area contributed by atoms with E-state index in [0.717, 1.165) is 32.5 Å². The van der Waals surface area contributed by atoms with Crippen molar-refractivity contribution in [2.75, 3.05) is 26.2 Å². The lowest BCUT2D eigenvalue weighted by atomic mass is 9.98. The van der Waals surface area contributed by atoms with Gasteiger partial charge in [-0.15, -0.1) is 11.3 Å². The van der Waals surface area contributed by atoms with Gasteiger partial charge in [-0.1, -0.05) is 6.92 Å². The van der Waals surface area contributed by atoms with Crippen LogP contribution >= 0.6 is 11.3 Å². The van der Waals surface area contributed by atoms with Crippen LogP contribution in [-0.2, 0) is 11.2 Å². The maximum absolute atomic E-state index is 12.3. The summed E-state index contributed by atoms with van der Waals surface area (Å²) in [5.41, 5.74) is 1.45. The van der Waals surface area contributed by atoms with Gasteiger partial charge in [-0.2, -0.15) is 0 Å². The highest BCUT2D eigenvalue weighted by Crippen LogP contribution is 2.34. The topological polar surface area (TPSA) is 23.6 Å². The number of likely N-dealkylation sites (N-methyl/N-ethyl adjacent to an activating group) is 1. The third-order valence-electron chi connectivity index (χ3n) is 4.05. The summed E-state index contributed by atoms with van der Waals surface area (Å²) in [4.78, 5) is 18.1. The van der Waals surface area contributed by atoms with E-state index in [-0.39, 0.29) is 5.91 Å². The second-order valence-corrected chi connectivity index (χ2v) is 6.01. The van der Waals surface area contributed by atoms with Gasteiger partial charge in [0.25, 0.3) is 0 Å². The number of amides is 1. The van der Waals surface area contributed by atoms with E-state index in [1.165, 1.54) is 10.4 Å². The van der Waals surface area contributed by atoms with Gasteiger partial charge >= 0.3 is 0 Å². The summed E-state index contributed by atoms with van der Waals surface area (Å²) in [6.07, 6.45) is 2.17. The Kier molecular flexibility index (Phi) is 4.99. The Labute approximate surface area is 120 Å². The zero-order chi connectivity index (χ0) is 13.8. The first-order valence-corrected chi connectivity index (χ1v) is 8.17. The minimum absolute atomic E-state index is 0.266. The number of rotatable bonds is 5. The number of hydrogen-bond donors (Lipinski definition) is 0. The number of carbonyl (C=O) groups excluding carboxylic acids is 1. The Bertz CT molecular complexity index is 426. The molecule has 1 aliphatic rings. The van der Waals surface area contributed by atoms with Crippen LogP contribution in [0, 0.1) is 0 Å². The molecule has 0 fully saturated rings. The zero-order valence-corrected chi connectivity index (χ0v) is 13.0. The molecule has 0 aromatic carbocycles. The van der Waals surface area contributed by atoms with Gasteiger partial charge in [0.05, 0.1) is 6.54 Å². The number of fused-ring (bicyclic) bond motifs is 1. The Morgan fingerprint density at radius 2 is 2.16 bits per heavy atom. The third kappa shape index (κ3) is 3.00. The molecule has 0 saturated heterocycles. The number of nitrogens with zero attached hydrogens (tertiary/aromatic N) is 2. The predicted molar refractivity (Wildman–Crippen MR) is 80.6 cm³/mol. The molecule has 1 aromatic rings. The lowest BCUT2D eigenvalue weighted by Gasteiger charge is -2.36. The second-order valence-electron chi connectivity index (χ2n) is 5.01. The van der Waals surface area contributed by atoms with Gasteiger partial charge < -0.3 is 4.90 Å². The molecule has 3 nitrogen and oxygen atoms in total. The standard InChI is InChI=1S/C15H24N2OS/c1-4-13-12-8-10-19-14(12)7-9-17(13)11-15(18)16(5-2)6-3/h8,10,13H,4-7,9,11H2,1-3H3. The van der Waals surface area contributed by atoms with Gasteiger partial charge in [0.15, 0.2) is 0 Å². The summed E-state index contributed by atoms with van der Waals surface area (Å²) in [7, 11) is 0. The fraction of sp³-hybridized carbons (Fsp3) is 0.667. The van der Waals surface area contributed by atoms with Gasteiger partial charge in [-0.25, -0.2) is 0 Å². The van der Waals surface area contributed by atoms with Crippen LogP contribution < -0.4 is 0 Å². The molecule has 0 bridgehead atoms. The van der Waals surface area contributed by atoms with Gasteiger partial charge in [0, 0.05) is 30.6 Å². The summed E-state index contributed by atoms with van der Waals surface area (Å²) in [5.74, 6) is 0.266. The predicted octanol–water partition coefficient (Wildman–Crippen LogP) is 2.93. The average molecular weight is 280 g/mol. The monoisotopic (exact) mass is 280 g/mol. The zero-order valence-electron chi connectivity index (χ0n) is 12.2. The van der Waals surface area contributed by atoms with Crippen LogP contribution in [-0.4, -0.2) is 41.9 Å². The number of carbonyl (C=O) groups is 1. The van der Waals surface area contributed by atoms with Gasteiger partial charge in [0.2, 0.25) is 5.91 Å². The molecule has 1 aliphatic heterocycles. The molecule has 2 rings (SSSR count). The Morgan fingerprint density at radius 1 is 1.42 bits per heavy atom. The Hall–Kier alpha value is -0.870. The van der Waals surface area contributed by atoms with Crippen molar-refractivity contribution in [1.29, 1.82) is 0 Å². The minimum Gasteiger partial charge on any atom is -0.342 e. The minimum atomic E-state index is 0.266. The van der Waals surface area contributed by atoms with E-state index < -0.39 is 0 Å². The fourth-order valence-electron chi connectivity index (χ4n) is 2.97. The summed E-state index contributed by atoms with van der Waals surface area (Å²) in [6, 6.07) is 2.66. The van der Waals surface area contributed by atoms with E-state index in [0.29, 0.717) is 12.6 Å². The van der Waals surface area contributed by atoms with Crippen LogP contribution in [0.1, 0.15) is 43.7 Å². The molecule has 1 unspecified atom stereocenters. The van der Waals surface area contributed by atoms with Crippen LogP contribution in [0.3, 0.4) is 0 Å². The van der Waals surface area contributed by atoms with Gasteiger partial charge in [0.1, 0.15) is 0 Å². The molecule has 0 radical (unpaired) electrons. The van der Waals surface area contributed by atoms with Crippen molar-refractivity contribution in [2.24, 2.45) is 0 Å². The van der Waals surface area contributed by atoms with E-state index in [1.54, 1.807) is 0 Å². The van der Waals surface area contributed by atoms with Gasteiger partial charge in [-0.05, 0) is 43.7 Å². The van der Waals surface area contributed by atoms with Crippen LogP contribution in [0.4, 0.5) is 0 Å². The lowest BCUT2D eigenvalue weighted by Crippen LogP contribution is -2.43. The van der Waals surface area contributed by atoms with Crippen LogP contribution in [0.2, 0.25) is 0 Å². The first kappa shape index (κ1) is 14.5. The first-order chi connectivity index (χ1) is 9.21. The molecule has 0 saturated carbocycles. The maximum atomic E-state index is 12.3. The van der Waals surface area contributed by atoms with E-state index in [2.05, 4.69) is 23.3 Å². The van der Waals surface area contributed by atoms with E-state index in [1.807, 2.05) is 30.1 Å². The van der Waals surface area contributed by atoms with Crippen molar-refractivity contribution in [3.05, 3.63) is 21.9 Å². The summed E-state index contributed by atoms with van der Waals surface area (Å²) in [5, 5.41) is 2.18. The van der Waals surface area contributed by atoms with Crippen molar-refractivity contribution < 1.29 is 4.79 Å². The maximum Gasteiger partial charge on any atom is 0.236 e. The van der Waals surface area contributed by atoms with Crippen molar-refractivity contribution in [3.63, 3.8) is 0 Å². The molecule has 1 amide bonds. The van der Waals surface area contributed by atoms with Crippen LogP contribution in [0.25, 0.3) is 0 Å². The van der Waals surface area contributed by atoms with Crippen molar-refractivity contribution in [1.82, 2.24) is 9.80 Å². The summed E-state index contributed by atoms with van der Waals surface area (Å²) < 4.78 is 0. The smallest absolute Gasteiger partial charge is 0.236 e. The molecule has 0 spiro atoms. The van der Waals surface area contributed by atoms with E-state index in [9.17, 15) is 4.79 Å². The summed E-state index contributed by atoms with van der Waals surface area (Å²) >= 11 is 1.86. The molecule has 0 aliphatic carbocycles. The van der Waals surface area contributed by atoms with Crippen molar-refractivity contribution in [2.45, 2.75) is 39.7 Å². The molecule has 1 atom stereocenters. The largest absolute Gasteiger partial charge is 0.342 e. The second kappa shape index (κ2) is 6.53. The SMILES string of the molecule is CCC1c2ccsc2CCN1CC(=O)N(CC)CC. The lowest BCUT2D eigenvalue weighted by molar-refractivity contribution is -0.132. The Balaban J connectivity index is 2.07. The highest BCUT2D eigenvalue weighted by Gasteiger charge is 2.28. The van der Waals surface area contributed by atoms with Gasteiger partial charge in [-0.3, -0.25) is 9.69 Å². The molecule has 0 N–H and O–H groups in total. The van der Waals surface area contributed by atoms with E-state index >= 15 is 0 Å². The quantitative estimate of drug-likeness (QED) is 0.828. The number of thiophene rings is 1. The summed E-state index contributed by atoms with van der Waals surface area (Å²) in [6.45, 7) is 9.51. The van der Waals surface area contributed by atoms with Crippen molar-refractivity contribution in [3.8, 4) is 0 Å². The molecule has 19 heavy (non-hydrogen) atoms. The molecular formula is C15H24N2OS. The number of hydrogen-bond acceptors (Lipinski definition) is 3. The highest BCUT2D eigenvalue weighted by molar-refractivity contribution is 7.10. The molecule has 2 heterocycles. The highest BCUT2D eigenvalue weighted by atomic mass is 32.1. The fourth-order valence-corrected chi connectivity index (χ4v) is 3.89. The molecule has 1 aromatic heterocycles. The van der Waals surface area contributed by atoms with E-state index in [4.69, 9.17) is 0 Å².